The highest BCUT2D eigenvalue weighted by molar-refractivity contribution is 5.84. The van der Waals surface area contributed by atoms with Crippen molar-refractivity contribution >= 4 is 29.5 Å². The van der Waals surface area contributed by atoms with Crippen LogP contribution in [0.3, 0.4) is 0 Å². The van der Waals surface area contributed by atoms with Crippen LogP contribution in [0, 0.1) is 0 Å². The zero-order chi connectivity index (χ0) is 19.4. The SMILES string of the molecule is COc1ccc(COC(=O)Nc2nc3c(c(=O)[nH]2)NCN3CC(=O)O)cc1. The maximum atomic E-state index is 12.0. The van der Waals surface area contributed by atoms with Gasteiger partial charge in [0.05, 0.1) is 13.8 Å². The molecule has 0 atom stereocenters. The number of aliphatic carboxylic acids is 1. The lowest BCUT2D eigenvalue weighted by atomic mass is 10.2. The quantitative estimate of drug-likeness (QED) is 0.576. The van der Waals surface area contributed by atoms with Crippen molar-refractivity contribution in [3.8, 4) is 5.75 Å². The Morgan fingerprint density at radius 3 is 2.74 bits per heavy atom. The summed E-state index contributed by atoms with van der Waals surface area (Å²) < 4.78 is 10.1. The maximum absolute atomic E-state index is 12.0. The number of benzene rings is 1. The summed E-state index contributed by atoms with van der Waals surface area (Å²) in [6.45, 7) is -0.196. The average Bonchev–Trinajstić information content (AvgIpc) is 3.03. The molecule has 0 unspecified atom stereocenters. The van der Waals surface area contributed by atoms with Crippen molar-refractivity contribution in [1.82, 2.24) is 9.97 Å². The van der Waals surface area contributed by atoms with Crippen LogP contribution in [0.2, 0.25) is 0 Å². The molecule has 11 heteroatoms. The highest BCUT2D eigenvalue weighted by Gasteiger charge is 2.26. The third-order valence-corrected chi connectivity index (χ3v) is 3.72. The second-order valence-corrected chi connectivity index (χ2v) is 5.59. The van der Waals surface area contributed by atoms with E-state index < -0.39 is 17.6 Å². The van der Waals surface area contributed by atoms with E-state index in [1.165, 1.54) is 4.90 Å². The number of carboxylic acids is 1. The van der Waals surface area contributed by atoms with E-state index in [-0.39, 0.29) is 37.3 Å². The number of carbonyl (C=O) groups is 2. The van der Waals surface area contributed by atoms with Gasteiger partial charge in [-0.3, -0.25) is 19.9 Å². The van der Waals surface area contributed by atoms with Crippen LogP contribution in [0.4, 0.5) is 22.2 Å². The van der Waals surface area contributed by atoms with Gasteiger partial charge < -0.3 is 24.8 Å². The first-order valence-electron chi connectivity index (χ1n) is 7.88. The summed E-state index contributed by atoms with van der Waals surface area (Å²) in [6.07, 6.45) is -0.815. The molecule has 2 heterocycles. The summed E-state index contributed by atoms with van der Waals surface area (Å²) in [5.41, 5.74) is 0.366. The Hall–Kier alpha value is -3.76. The van der Waals surface area contributed by atoms with Crippen LogP contribution < -0.4 is 25.8 Å². The number of hydrogen-bond donors (Lipinski definition) is 4. The van der Waals surface area contributed by atoms with Crippen molar-refractivity contribution in [1.29, 1.82) is 0 Å². The van der Waals surface area contributed by atoms with E-state index in [1.54, 1.807) is 31.4 Å². The number of aromatic amines is 1. The number of amides is 1. The topological polar surface area (TPSA) is 146 Å². The van der Waals surface area contributed by atoms with Crippen molar-refractivity contribution in [2.75, 3.05) is 35.9 Å². The van der Waals surface area contributed by atoms with Crippen LogP contribution in [-0.2, 0) is 16.1 Å². The number of hydrogen-bond acceptors (Lipinski definition) is 8. The zero-order valence-electron chi connectivity index (χ0n) is 14.3. The van der Waals surface area contributed by atoms with Crippen molar-refractivity contribution in [2.45, 2.75) is 6.61 Å². The molecule has 11 nitrogen and oxygen atoms in total. The summed E-state index contributed by atoms with van der Waals surface area (Å²) in [4.78, 5) is 42.7. The first kappa shape index (κ1) is 18.0. The average molecular weight is 375 g/mol. The molecule has 0 spiro atoms. The molecule has 142 valence electrons. The van der Waals surface area contributed by atoms with Crippen molar-refractivity contribution in [3.05, 3.63) is 40.2 Å². The smallest absolute Gasteiger partial charge is 0.414 e. The summed E-state index contributed by atoms with van der Waals surface area (Å²) in [5.74, 6) is -0.382. The molecule has 4 N–H and O–H groups in total. The molecule has 1 aromatic heterocycles. The third-order valence-electron chi connectivity index (χ3n) is 3.72. The van der Waals surface area contributed by atoms with Gasteiger partial charge in [0.1, 0.15) is 24.6 Å². The molecular weight excluding hydrogens is 358 g/mol. The number of nitrogens with one attached hydrogen (secondary N) is 3. The fraction of sp³-hybridized carbons (Fsp3) is 0.250. The summed E-state index contributed by atoms with van der Waals surface area (Å²) in [5, 5.41) is 14.0. The second-order valence-electron chi connectivity index (χ2n) is 5.59. The minimum atomic E-state index is -1.07. The van der Waals surface area contributed by atoms with Crippen molar-refractivity contribution < 1.29 is 24.2 Å². The highest BCUT2D eigenvalue weighted by Crippen LogP contribution is 2.25. The van der Waals surface area contributed by atoms with Gasteiger partial charge in [-0.05, 0) is 17.7 Å². The number of methoxy groups -OCH3 is 1. The Labute approximate surface area is 152 Å². The monoisotopic (exact) mass is 375 g/mol. The molecule has 1 aliphatic heterocycles. The Bertz CT molecular complexity index is 911. The van der Waals surface area contributed by atoms with E-state index >= 15 is 0 Å². The fourth-order valence-corrected chi connectivity index (χ4v) is 2.46. The van der Waals surface area contributed by atoms with E-state index in [4.69, 9.17) is 14.6 Å². The van der Waals surface area contributed by atoms with Crippen molar-refractivity contribution in [2.24, 2.45) is 0 Å². The Morgan fingerprint density at radius 2 is 2.07 bits per heavy atom. The van der Waals surface area contributed by atoms with Crippen molar-refractivity contribution in [3.63, 3.8) is 0 Å². The molecule has 2 aromatic rings. The fourth-order valence-electron chi connectivity index (χ4n) is 2.46. The minimum Gasteiger partial charge on any atom is -0.497 e. The van der Waals surface area contributed by atoms with Crippen LogP contribution >= 0.6 is 0 Å². The van der Waals surface area contributed by atoms with Gasteiger partial charge in [0.25, 0.3) is 5.56 Å². The lowest BCUT2D eigenvalue weighted by molar-refractivity contribution is -0.135. The molecule has 3 rings (SSSR count). The van der Waals surface area contributed by atoms with Gasteiger partial charge in [-0.2, -0.15) is 4.98 Å². The molecule has 1 amide bonds. The summed E-state index contributed by atoms with van der Waals surface area (Å²) >= 11 is 0. The number of ether oxygens (including phenoxy) is 2. The van der Waals surface area contributed by atoms with Gasteiger partial charge in [-0.15, -0.1) is 0 Å². The number of carbonyl (C=O) groups excluding carboxylic acids is 1. The first-order valence-corrected chi connectivity index (χ1v) is 7.88. The van der Waals surface area contributed by atoms with Gasteiger partial charge in [0, 0.05) is 0 Å². The number of H-pyrrole nitrogens is 1. The number of fused-ring (bicyclic) bond motifs is 1. The molecule has 0 radical (unpaired) electrons. The molecule has 27 heavy (non-hydrogen) atoms. The van der Waals surface area contributed by atoms with Gasteiger partial charge in [-0.1, -0.05) is 12.1 Å². The molecule has 1 aromatic carbocycles. The predicted octanol–water partition coefficient (Wildman–Crippen LogP) is 0.801. The zero-order valence-corrected chi connectivity index (χ0v) is 14.3. The molecule has 0 aliphatic carbocycles. The number of rotatable bonds is 6. The highest BCUT2D eigenvalue weighted by atomic mass is 16.5. The van der Waals surface area contributed by atoms with Gasteiger partial charge in [0.15, 0.2) is 5.82 Å². The van der Waals surface area contributed by atoms with Crippen LogP contribution in [0.25, 0.3) is 0 Å². The first-order chi connectivity index (χ1) is 13.0. The predicted molar refractivity (Wildman–Crippen MR) is 95.1 cm³/mol. The molecule has 1 aliphatic rings. The second kappa shape index (κ2) is 7.64. The minimum absolute atomic E-state index is 0.0116. The lowest BCUT2D eigenvalue weighted by Crippen LogP contribution is -2.30. The van der Waals surface area contributed by atoms with Gasteiger partial charge in [-0.25, -0.2) is 4.79 Å². The Kier molecular flexibility index (Phi) is 5.11. The van der Waals surface area contributed by atoms with E-state index in [0.717, 1.165) is 5.56 Å². The van der Waals surface area contributed by atoms with Gasteiger partial charge >= 0.3 is 12.1 Å². The van der Waals surface area contributed by atoms with E-state index in [2.05, 4.69) is 20.6 Å². The normalized spacial score (nSPS) is 12.1. The number of nitrogens with zero attached hydrogens (tertiary/aromatic N) is 2. The van der Waals surface area contributed by atoms with Crippen LogP contribution in [0.5, 0.6) is 5.75 Å². The molecule has 0 bridgehead atoms. The number of aromatic nitrogens is 2. The molecular formula is C16H17N5O6. The van der Waals surface area contributed by atoms with Crippen LogP contribution in [-0.4, -0.2) is 47.5 Å². The largest absolute Gasteiger partial charge is 0.497 e. The standard InChI is InChI=1S/C16H17N5O6/c1-26-10-4-2-9(3-5-10)7-27-16(25)20-15-18-13-12(14(24)19-15)17-8-21(13)6-11(22)23/h2-5,17H,6-8H2,1H3,(H,22,23)(H2,18,19,20,24,25). The molecule has 0 fully saturated rings. The van der Waals surface area contributed by atoms with E-state index in [0.29, 0.717) is 5.75 Å². The Morgan fingerprint density at radius 1 is 1.33 bits per heavy atom. The van der Waals surface area contributed by atoms with Crippen LogP contribution in [0.15, 0.2) is 29.1 Å². The molecule has 0 saturated carbocycles. The van der Waals surface area contributed by atoms with E-state index in [9.17, 15) is 14.4 Å². The maximum Gasteiger partial charge on any atom is 0.414 e. The van der Waals surface area contributed by atoms with Gasteiger partial charge in [0.2, 0.25) is 5.95 Å². The van der Waals surface area contributed by atoms with E-state index in [1.807, 2.05) is 0 Å². The molecule has 0 saturated heterocycles. The Balaban J connectivity index is 1.64. The third kappa shape index (κ3) is 4.26. The lowest BCUT2D eigenvalue weighted by Gasteiger charge is -2.14. The summed E-state index contributed by atoms with van der Waals surface area (Å²) in [7, 11) is 1.55. The number of carboxylic acid groups (broad SMARTS) is 1. The summed E-state index contributed by atoms with van der Waals surface area (Å²) in [6, 6.07) is 6.97. The number of anilines is 3. The van der Waals surface area contributed by atoms with Crippen LogP contribution in [0.1, 0.15) is 5.56 Å².